The lowest BCUT2D eigenvalue weighted by Gasteiger charge is -2.18. The average molecular weight is 686 g/mol. The van der Waals surface area contributed by atoms with E-state index in [4.69, 9.17) is 0 Å². The van der Waals surface area contributed by atoms with Crippen LogP contribution in [0.3, 0.4) is 0 Å². The van der Waals surface area contributed by atoms with Crippen molar-refractivity contribution in [3.63, 3.8) is 0 Å². The van der Waals surface area contributed by atoms with Crippen LogP contribution in [0.1, 0.15) is 16.7 Å². The fraction of sp³-hybridized carbons (Fsp3) is 0.139. The molecule has 0 unspecified atom stereocenters. The molecule has 49 heavy (non-hydrogen) atoms. The molecule has 0 saturated heterocycles. The third-order valence-corrected chi connectivity index (χ3v) is 9.16. The zero-order valence-corrected chi connectivity index (χ0v) is 27.2. The van der Waals surface area contributed by atoms with Crippen molar-refractivity contribution in [1.82, 2.24) is 19.5 Å². The van der Waals surface area contributed by atoms with Gasteiger partial charge in [0.25, 0.3) is 5.56 Å². The molecule has 0 aliphatic carbocycles. The maximum atomic E-state index is 15.0. The van der Waals surface area contributed by atoms with Crippen molar-refractivity contribution in [3.05, 3.63) is 152 Å². The molecule has 4 aromatic carbocycles. The molecule has 0 atom stereocenters. The van der Waals surface area contributed by atoms with E-state index in [1.807, 2.05) is 42.3 Å². The van der Waals surface area contributed by atoms with Crippen molar-refractivity contribution in [2.75, 3.05) is 19.5 Å². The van der Waals surface area contributed by atoms with E-state index in [9.17, 15) is 18.8 Å². The second kappa shape index (κ2) is 14.3. The summed E-state index contributed by atoms with van der Waals surface area (Å²) in [4.78, 5) is 48.1. The molecule has 0 aliphatic heterocycles. The van der Waals surface area contributed by atoms with E-state index in [0.29, 0.717) is 28.2 Å². The topological polar surface area (TPSA) is 97.6 Å². The minimum absolute atomic E-state index is 0.0992. The van der Waals surface area contributed by atoms with Crippen molar-refractivity contribution in [3.8, 4) is 16.1 Å². The third-order valence-electron chi connectivity index (χ3n) is 7.86. The monoisotopic (exact) mass is 685 g/mol. The highest BCUT2D eigenvalue weighted by Gasteiger charge is 2.26. The number of hydrogen-bond acceptors (Lipinski definition) is 6. The van der Waals surface area contributed by atoms with Crippen LogP contribution in [0.2, 0.25) is 0 Å². The number of halogens is 3. The van der Waals surface area contributed by atoms with Gasteiger partial charge in [0.05, 0.1) is 24.7 Å². The summed E-state index contributed by atoms with van der Waals surface area (Å²) in [6.07, 6.45) is 0. The largest absolute Gasteiger partial charge is 0.343 e. The number of benzene rings is 4. The number of amides is 2. The van der Waals surface area contributed by atoms with Crippen molar-refractivity contribution in [2.45, 2.75) is 19.6 Å². The highest BCUT2D eigenvalue weighted by Crippen LogP contribution is 2.39. The van der Waals surface area contributed by atoms with Crippen LogP contribution in [-0.2, 0) is 24.5 Å². The summed E-state index contributed by atoms with van der Waals surface area (Å²) >= 11 is 1.14. The van der Waals surface area contributed by atoms with Gasteiger partial charge in [0.2, 0.25) is 0 Å². The number of carbonyl (C=O) groups excluding carboxylic acids is 1. The molecule has 6 rings (SSSR count). The van der Waals surface area contributed by atoms with Gasteiger partial charge in [0, 0.05) is 29.2 Å². The summed E-state index contributed by atoms with van der Waals surface area (Å²) in [5.74, 6) is -2.26. The molecule has 0 aliphatic rings. The first-order valence-electron chi connectivity index (χ1n) is 15.1. The predicted molar refractivity (Wildman–Crippen MR) is 183 cm³/mol. The number of urea groups is 1. The number of hydrogen-bond donors (Lipinski definition) is 2. The van der Waals surface area contributed by atoms with Gasteiger partial charge < -0.3 is 5.32 Å². The van der Waals surface area contributed by atoms with Crippen LogP contribution in [0.4, 0.5) is 23.7 Å². The molecular formula is C36H30F3N5O4S. The summed E-state index contributed by atoms with van der Waals surface area (Å²) in [5.41, 5.74) is 3.19. The maximum absolute atomic E-state index is 15.0. The van der Waals surface area contributed by atoms with E-state index in [1.165, 1.54) is 29.9 Å². The summed E-state index contributed by atoms with van der Waals surface area (Å²) < 4.78 is 46.0. The Balaban J connectivity index is 1.59. The number of carbonyl (C=O) groups is 1. The Bertz CT molecular complexity index is 2230. The van der Waals surface area contributed by atoms with Crippen molar-refractivity contribution in [1.29, 1.82) is 0 Å². The van der Waals surface area contributed by atoms with Gasteiger partial charge in [-0.1, -0.05) is 48.5 Å². The molecule has 0 radical (unpaired) electrons. The quantitative estimate of drug-likeness (QED) is 0.157. The lowest BCUT2D eigenvalue weighted by Crippen LogP contribution is -2.39. The van der Waals surface area contributed by atoms with Gasteiger partial charge in [-0.05, 0) is 72.3 Å². The highest BCUT2D eigenvalue weighted by atomic mass is 32.1. The molecular weight excluding hydrogens is 655 g/mol. The number of nitrogens with zero attached hydrogens (tertiary/aromatic N) is 3. The van der Waals surface area contributed by atoms with Gasteiger partial charge in [-0.15, -0.1) is 11.3 Å². The van der Waals surface area contributed by atoms with Crippen LogP contribution in [0.15, 0.2) is 107 Å². The number of anilines is 1. The lowest BCUT2D eigenvalue weighted by molar-refractivity contribution is 0.114. The summed E-state index contributed by atoms with van der Waals surface area (Å²) in [5, 5.41) is 2.82. The number of thiophene rings is 1. The predicted octanol–water partition coefficient (Wildman–Crippen LogP) is 6.66. The minimum Gasteiger partial charge on any atom is -0.306 e. The summed E-state index contributed by atoms with van der Waals surface area (Å²) in [7, 11) is 3.20. The number of fused-ring (bicyclic) bond motifs is 1. The maximum Gasteiger partial charge on any atom is 0.343 e. The first kappa shape index (κ1) is 33.4. The van der Waals surface area contributed by atoms with Gasteiger partial charge in [-0.2, -0.15) is 0 Å². The van der Waals surface area contributed by atoms with E-state index in [-0.39, 0.29) is 28.0 Å². The molecule has 250 valence electrons. The van der Waals surface area contributed by atoms with Crippen LogP contribution >= 0.6 is 11.3 Å². The van der Waals surface area contributed by atoms with Crippen LogP contribution < -0.4 is 22.0 Å². The van der Waals surface area contributed by atoms with Gasteiger partial charge >= 0.3 is 11.7 Å². The second-order valence-corrected chi connectivity index (χ2v) is 12.3. The zero-order chi connectivity index (χ0) is 34.7. The average Bonchev–Trinajstić information content (AvgIpc) is 3.45. The van der Waals surface area contributed by atoms with Crippen LogP contribution in [0.25, 0.3) is 26.3 Å². The van der Waals surface area contributed by atoms with Gasteiger partial charge in [0.15, 0.2) is 0 Å². The molecule has 6 aromatic rings. The smallest absolute Gasteiger partial charge is 0.306 e. The Morgan fingerprint density at radius 3 is 2.16 bits per heavy atom. The Morgan fingerprint density at radius 2 is 1.51 bits per heavy atom. The Hall–Kier alpha value is -5.50. The lowest BCUT2D eigenvalue weighted by atomic mass is 10.1. The standard InChI is InChI=1S/C36H30F3N5O4S/c1-42(19-22-7-4-3-5-8-22)20-28-31-33(45)44(26-17-13-24(37)14-18-26)36(47)43(21-27-29(38)9-6-10-30(27)39)34(31)49-32(28)23-11-15-25(16-12-23)40-35(46)41-48-2/h3-18H,19-21H2,1-2H3,(H2,40,41,46). The fourth-order valence-corrected chi connectivity index (χ4v) is 6.93. The van der Waals surface area contributed by atoms with Gasteiger partial charge in [0.1, 0.15) is 22.3 Å². The van der Waals surface area contributed by atoms with Crippen LogP contribution in [0, 0.1) is 17.5 Å². The van der Waals surface area contributed by atoms with Gasteiger partial charge in [-0.25, -0.2) is 32.8 Å². The molecule has 13 heteroatoms. The molecule has 0 saturated carbocycles. The van der Waals surface area contributed by atoms with Crippen molar-refractivity contribution < 1.29 is 22.8 Å². The number of nitrogens with one attached hydrogen (secondary N) is 2. The Kier molecular flexibility index (Phi) is 9.76. The first-order valence-corrected chi connectivity index (χ1v) is 15.9. The van der Waals surface area contributed by atoms with E-state index in [1.54, 1.807) is 24.3 Å². The summed E-state index contributed by atoms with van der Waals surface area (Å²) in [6.45, 7) is 0.277. The number of rotatable bonds is 10. The van der Waals surface area contributed by atoms with Crippen LogP contribution in [-0.4, -0.2) is 34.2 Å². The molecule has 2 heterocycles. The van der Waals surface area contributed by atoms with Crippen LogP contribution in [0.5, 0.6) is 0 Å². The Labute approximate surface area is 282 Å². The highest BCUT2D eigenvalue weighted by molar-refractivity contribution is 7.22. The summed E-state index contributed by atoms with van der Waals surface area (Å²) in [6, 6.07) is 24.3. The van der Waals surface area contributed by atoms with Gasteiger partial charge in [-0.3, -0.25) is 19.1 Å². The fourth-order valence-electron chi connectivity index (χ4n) is 5.63. The molecule has 2 N–H and O–H groups in total. The SMILES string of the molecule is CONC(=O)Nc1ccc(-c2sc3c(c2CN(C)Cc2ccccc2)c(=O)n(-c2ccc(F)cc2)c(=O)n3Cc2c(F)cccc2F)cc1. The van der Waals surface area contributed by atoms with E-state index in [0.717, 1.165) is 45.7 Å². The molecule has 0 fully saturated rings. The minimum atomic E-state index is -0.847. The molecule has 2 aromatic heterocycles. The first-order chi connectivity index (χ1) is 23.6. The number of hydroxylamine groups is 1. The van der Waals surface area contributed by atoms with E-state index >= 15 is 8.78 Å². The third kappa shape index (κ3) is 7.04. The molecule has 9 nitrogen and oxygen atoms in total. The molecule has 2 amide bonds. The number of aromatic nitrogens is 2. The Morgan fingerprint density at radius 1 is 0.837 bits per heavy atom. The van der Waals surface area contributed by atoms with E-state index in [2.05, 4.69) is 15.6 Å². The van der Waals surface area contributed by atoms with Crippen molar-refractivity contribution in [2.24, 2.45) is 0 Å². The second-order valence-electron chi connectivity index (χ2n) is 11.3. The molecule has 0 bridgehead atoms. The van der Waals surface area contributed by atoms with E-state index < -0.39 is 41.3 Å². The normalized spacial score (nSPS) is 11.3. The zero-order valence-electron chi connectivity index (χ0n) is 26.4. The van der Waals surface area contributed by atoms with Crippen molar-refractivity contribution >= 4 is 33.3 Å². The molecule has 0 spiro atoms.